The zero-order valence-corrected chi connectivity index (χ0v) is 13.2. The average molecular weight is 304 g/mol. The van der Waals surface area contributed by atoms with Gasteiger partial charge in [0.25, 0.3) is 0 Å². The molecular weight excluding hydrogens is 282 g/mol. The summed E-state index contributed by atoms with van der Waals surface area (Å²) in [5, 5.41) is 18.8. The molecule has 0 radical (unpaired) electrons. The van der Waals surface area contributed by atoms with E-state index in [4.69, 9.17) is 11.6 Å². The molecule has 1 aliphatic rings. The fourth-order valence-corrected chi connectivity index (χ4v) is 3.87. The highest BCUT2D eigenvalue weighted by Gasteiger charge is 2.29. The number of aromatic nitrogens is 2. The van der Waals surface area contributed by atoms with Crippen LogP contribution in [0.5, 0.6) is 0 Å². The Hall–Kier alpha value is -0.230. The van der Waals surface area contributed by atoms with Crippen LogP contribution in [0.25, 0.3) is 0 Å². The third-order valence-corrected chi connectivity index (χ3v) is 5.12. The van der Waals surface area contributed by atoms with Gasteiger partial charge in [0.05, 0.1) is 11.3 Å². The van der Waals surface area contributed by atoms with Gasteiger partial charge in [0, 0.05) is 25.7 Å². The fraction of sp³-hybridized carbons (Fsp3) is 0.769. The smallest absolute Gasteiger partial charge is 0.131 e. The Balaban J connectivity index is 1.92. The lowest BCUT2D eigenvalue weighted by atomic mass is 9.97. The summed E-state index contributed by atoms with van der Waals surface area (Å²) in [5.74, 6) is 2.10. The molecule has 108 valence electrons. The molecule has 1 aliphatic heterocycles. The first-order valence-corrected chi connectivity index (χ1v) is 8.30. The number of aliphatic hydroxyl groups is 1. The monoisotopic (exact) mass is 303 g/mol. The van der Waals surface area contributed by atoms with Gasteiger partial charge in [-0.05, 0) is 30.8 Å². The van der Waals surface area contributed by atoms with Crippen LogP contribution in [0.15, 0.2) is 0 Å². The van der Waals surface area contributed by atoms with Crippen molar-refractivity contribution in [3.8, 4) is 0 Å². The molecular formula is C13H22ClN3OS. The van der Waals surface area contributed by atoms with Crippen LogP contribution in [0.1, 0.15) is 31.0 Å². The minimum absolute atomic E-state index is 0.549. The summed E-state index contributed by atoms with van der Waals surface area (Å²) >= 11 is 8.16. The highest BCUT2D eigenvalue weighted by atomic mass is 35.5. The third-order valence-electron chi connectivity index (χ3n) is 3.67. The van der Waals surface area contributed by atoms with Crippen LogP contribution in [0.4, 0.5) is 0 Å². The lowest BCUT2D eigenvalue weighted by molar-refractivity contribution is 0.0320. The first-order valence-electron chi connectivity index (χ1n) is 6.77. The van der Waals surface area contributed by atoms with Gasteiger partial charge in [-0.15, -0.1) is 0 Å². The van der Waals surface area contributed by atoms with Crippen LogP contribution in [0.2, 0.25) is 5.15 Å². The second-order valence-electron chi connectivity index (χ2n) is 5.13. The van der Waals surface area contributed by atoms with Gasteiger partial charge < -0.3 is 10.4 Å². The number of hydrogen-bond donors (Lipinski definition) is 2. The number of aryl methyl sites for hydroxylation is 2. The van der Waals surface area contributed by atoms with Crippen molar-refractivity contribution in [2.45, 2.75) is 38.3 Å². The molecule has 2 heterocycles. The number of hydrogen-bond acceptors (Lipinski definition) is 4. The predicted molar refractivity (Wildman–Crippen MR) is 80.8 cm³/mol. The maximum atomic E-state index is 10.4. The minimum Gasteiger partial charge on any atom is -0.389 e. The van der Waals surface area contributed by atoms with Crippen LogP contribution in [-0.2, 0) is 20.0 Å². The lowest BCUT2D eigenvalue weighted by Gasteiger charge is -2.32. The van der Waals surface area contributed by atoms with Crippen LogP contribution in [0, 0.1) is 0 Å². The Morgan fingerprint density at radius 3 is 2.79 bits per heavy atom. The van der Waals surface area contributed by atoms with E-state index in [1.807, 2.05) is 18.8 Å². The van der Waals surface area contributed by atoms with E-state index < -0.39 is 5.60 Å². The van der Waals surface area contributed by atoms with Gasteiger partial charge in [0.15, 0.2) is 0 Å². The van der Waals surface area contributed by atoms with Gasteiger partial charge in [-0.3, -0.25) is 4.68 Å². The molecule has 1 aromatic heterocycles. The van der Waals surface area contributed by atoms with E-state index in [1.54, 1.807) is 4.68 Å². The molecule has 1 fully saturated rings. The summed E-state index contributed by atoms with van der Waals surface area (Å²) in [6, 6.07) is 0. The zero-order chi connectivity index (χ0) is 13.9. The molecule has 2 rings (SSSR count). The topological polar surface area (TPSA) is 50.1 Å². The number of thioether (sulfide) groups is 1. The summed E-state index contributed by atoms with van der Waals surface area (Å²) < 4.78 is 1.71. The molecule has 0 aliphatic carbocycles. The van der Waals surface area contributed by atoms with Crippen molar-refractivity contribution in [1.82, 2.24) is 15.1 Å². The third kappa shape index (κ3) is 3.66. The first-order chi connectivity index (χ1) is 9.06. The highest BCUT2D eigenvalue weighted by molar-refractivity contribution is 7.99. The summed E-state index contributed by atoms with van der Waals surface area (Å²) in [6.45, 7) is 3.38. The lowest BCUT2D eigenvalue weighted by Crippen LogP contribution is -2.43. The van der Waals surface area contributed by atoms with E-state index in [9.17, 15) is 5.11 Å². The average Bonchev–Trinajstić information content (AvgIpc) is 2.67. The summed E-state index contributed by atoms with van der Waals surface area (Å²) in [6.07, 6.45) is 2.61. The van der Waals surface area contributed by atoms with Crippen molar-refractivity contribution in [3.05, 3.63) is 16.4 Å². The second-order valence-corrected chi connectivity index (χ2v) is 6.72. The Morgan fingerprint density at radius 2 is 2.16 bits per heavy atom. The molecule has 0 unspecified atom stereocenters. The van der Waals surface area contributed by atoms with Gasteiger partial charge >= 0.3 is 0 Å². The molecule has 1 saturated heterocycles. The Morgan fingerprint density at radius 1 is 1.47 bits per heavy atom. The normalized spacial score (nSPS) is 18.7. The molecule has 2 N–H and O–H groups in total. The van der Waals surface area contributed by atoms with E-state index in [0.29, 0.717) is 18.2 Å². The largest absolute Gasteiger partial charge is 0.389 e. The molecule has 0 aromatic carbocycles. The molecule has 0 atom stereocenters. The Labute approximate surface area is 123 Å². The van der Waals surface area contributed by atoms with Crippen molar-refractivity contribution < 1.29 is 5.11 Å². The van der Waals surface area contributed by atoms with Crippen LogP contribution >= 0.6 is 23.4 Å². The highest BCUT2D eigenvalue weighted by Crippen LogP contribution is 2.26. The number of nitrogens with zero attached hydrogens (tertiary/aromatic N) is 2. The molecule has 6 heteroatoms. The molecule has 1 aromatic rings. The molecule has 0 saturated carbocycles. The maximum absolute atomic E-state index is 10.4. The SMILES string of the molecule is CCc1nn(C)c(Cl)c1CNCC1(O)CCSCC1. The van der Waals surface area contributed by atoms with Crippen molar-refractivity contribution in [3.63, 3.8) is 0 Å². The standard InChI is InChI=1S/C13H22ClN3OS/c1-3-11-10(12(14)17(2)16-11)8-15-9-13(18)4-6-19-7-5-13/h15,18H,3-9H2,1-2H3. The molecule has 4 nitrogen and oxygen atoms in total. The van der Waals surface area contributed by atoms with Gasteiger partial charge in [0.2, 0.25) is 0 Å². The van der Waals surface area contributed by atoms with E-state index >= 15 is 0 Å². The summed E-state index contributed by atoms with van der Waals surface area (Å²) in [7, 11) is 1.86. The van der Waals surface area contributed by atoms with Crippen molar-refractivity contribution in [1.29, 1.82) is 0 Å². The van der Waals surface area contributed by atoms with Crippen molar-refractivity contribution in [2.75, 3.05) is 18.1 Å². The van der Waals surface area contributed by atoms with Gasteiger partial charge in [-0.25, -0.2) is 0 Å². The van der Waals surface area contributed by atoms with Gasteiger partial charge in [0.1, 0.15) is 5.15 Å². The number of rotatable bonds is 5. The van der Waals surface area contributed by atoms with E-state index in [1.165, 1.54) is 0 Å². The summed E-state index contributed by atoms with van der Waals surface area (Å²) in [5.41, 5.74) is 1.54. The Kier molecular flexibility index (Phi) is 5.17. The fourth-order valence-electron chi connectivity index (χ4n) is 2.41. The number of halogens is 1. The quantitative estimate of drug-likeness (QED) is 0.873. The predicted octanol–water partition coefficient (Wildman–Crippen LogP) is 1.98. The molecule has 0 spiro atoms. The maximum Gasteiger partial charge on any atom is 0.131 e. The van der Waals surface area contributed by atoms with Crippen LogP contribution in [-0.4, -0.2) is 38.5 Å². The van der Waals surface area contributed by atoms with E-state index in [2.05, 4.69) is 17.3 Å². The van der Waals surface area contributed by atoms with Crippen molar-refractivity contribution >= 4 is 23.4 Å². The van der Waals surface area contributed by atoms with Crippen LogP contribution < -0.4 is 5.32 Å². The van der Waals surface area contributed by atoms with E-state index in [0.717, 1.165) is 42.0 Å². The Bertz CT molecular complexity index is 430. The minimum atomic E-state index is -0.549. The molecule has 19 heavy (non-hydrogen) atoms. The van der Waals surface area contributed by atoms with Gasteiger partial charge in [-0.2, -0.15) is 16.9 Å². The second kappa shape index (κ2) is 6.48. The van der Waals surface area contributed by atoms with E-state index in [-0.39, 0.29) is 0 Å². The molecule has 0 amide bonds. The first kappa shape index (κ1) is 15.2. The van der Waals surface area contributed by atoms with Gasteiger partial charge in [-0.1, -0.05) is 18.5 Å². The van der Waals surface area contributed by atoms with Crippen molar-refractivity contribution in [2.24, 2.45) is 7.05 Å². The molecule has 0 bridgehead atoms. The number of nitrogens with one attached hydrogen (secondary N) is 1. The zero-order valence-electron chi connectivity index (χ0n) is 11.6. The van der Waals surface area contributed by atoms with Crippen LogP contribution in [0.3, 0.4) is 0 Å². The summed E-state index contributed by atoms with van der Waals surface area (Å²) in [4.78, 5) is 0.